The van der Waals surface area contributed by atoms with Crippen molar-refractivity contribution >= 4 is 26.6 Å². The van der Waals surface area contributed by atoms with E-state index in [4.69, 9.17) is 4.74 Å². The van der Waals surface area contributed by atoms with Crippen LogP contribution in [-0.2, 0) is 27.6 Å². The minimum atomic E-state index is -3.10. The van der Waals surface area contributed by atoms with Gasteiger partial charge >= 0.3 is 0 Å². The van der Waals surface area contributed by atoms with Crippen LogP contribution >= 0.6 is 0 Å². The highest BCUT2D eigenvalue weighted by molar-refractivity contribution is 7.91. The van der Waals surface area contributed by atoms with Crippen molar-refractivity contribution in [3.8, 4) is 5.75 Å². The monoisotopic (exact) mass is 426 g/mol. The van der Waals surface area contributed by atoms with E-state index in [2.05, 4.69) is 4.98 Å². The molecule has 1 fully saturated rings. The first kappa shape index (κ1) is 20.5. The minimum Gasteiger partial charge on any atom is -0.497 e. The molecule has 0 spiro atoms. The molecule has 0 bridgehead atoms. The highest BCUT2D eigenvalue weighted by Crippen LogP contribution is 2.26. The van der Waals surface area contributed by atoms with Gasteiger partial charge in [0.15, 0.2) is 9.84 Å². The Morgan fingerprint density at radius 3 is 2.57 bits per heavy atom. The lowest BCUT2D eigenvalue weighted by Crippen LogP contribution is -2.41. The minimum absolute atomic E-state index is 0.0295. The number of aromatic amines is 1. The number of H-pyrrole nitrogens is 1. The molecule has 1 aliphatic heterocycles. The summed E-state index contributed by atoms with van der Waals surface area (Å²) in [6.07, 6.45) is 0.722. The second kappa shape index (κ2) is 8.14. The summed E-state index contributed by atoms with van der Waals surface area (Å²) in [7, 11) is -1.49. The molecule has 1 atom stereocenters. The Labute approximate surface area is 176 Å². The van der Waals surface area contributed by atoms with E-state index in [1.807, 2.05) is 55.5 Å². The van der Waals surface area contributed by atoms with Crippen molar-refractivity contribution in [3.63, 3.8) is 0 Å². The van der Waals surface area contributed by atoms with Gasteiger partial charge < -0.3 is 14.6 Å². The number of sulfone groups is 1. The molecule has 0 saturated carbocycles. The van der Waals surface area contributed by atoms with Crippen LogP contribution in [0.1, 0.15) is 23.2 Å². The van der Waals surface area contributed by atoms with Gasteiger partial charge in [-0.2, -0.15) is 0 Å². The van der Waals surface area contributed by atoms with Crippen LogP contribution in [-0.4, -0.2) is 48.9 Å². The molecule has 158 valence electrons. The summed E-state index contributed by atoms with van der Waals surface area (Å²) in [5.41, 5.74) is 3.89. The first-order valence-electron chi connectivity index (χ1n) is 10.1. The van der Waals surface area contributed by atoms with Gasteiger partial charge in [0.05, 0.1) is 25.0 Å². The Morgan fingerprint density at radius 2 is 1.90 bits per heavy atom. The molecule has 1 saturated heterocycles. The number of benzene rings is 2. The summed E-state index contributed by atoms with van der Waals surface area (Å²) in [5.74, 6) is 0.855. The van der Waals surface area contributed by atoms with Crippen molar-refractivity contribution < 1.29 is 17.9 Å². The fourth-order valence-corrected chi connectivity index (χ4v) is 5.92. The summed E-state index contributed by atoms with van der Waals surface area (Å²) in [4.78, 5) is 18.5. The van der Waals surface area contributed by atoms with Crippen LogP contribution in [0.5, 0.6) is 5.75 Å². The van der Waals surface area contributed by atoms with Gasteiger partial charge in [-0.25, -0.2) is 8.42 Å². The van der Waals surface area contributed by atoms with Crippen LogP contribution < -0.4 is 4.74 Å². The summed E-state index contributed by atoms with van der Waals surface area (Å²) < 4.78 is 29.4. The predicted molar refractivity (Wildman–Crippen MR) is 117 cm³/mol. The molecule has 1 unspecified atom stereocenters. The van der Waals surface area contributed by atoms with Gasteiger partial charge in [0.1, 0.15) is 5.75 Å². The highest BCUT2D eigenvalue weighted by atomic mass is 32.2. The zero-order valence-electron chi connectivity index (χ0n) is 17.2. The van der Waals surface area contributed by atoms with Gasteiger partial charge in [-0.15, -0.1) is 0 Å². The summed E-state index contributed by atoms with van der Waals surface area (Å²) >= 11 is 0. The molecule has 7 heteroatoms. The number of ether oxygens (including phenoxy) is 1. The topological polar surface area (TPSA) is 79.5 Å². The Morgan fingerprint density at radius 1 is 1.17 bits per heavy atom. The summed E-state index contributed by atoms with van der Waals surface area (Å²) in [6, 6.07) is 15.2. The smallest absolute Gasteiger partial charge is 0.227 e. The number of aryl methyl sites for hydroxylation is 1. The molecule has 1 aromatic heterocycles. The number of hydrogen-bond donors (Lipinski definition) is 1. The van der Waals surface area contributed by atoms with Gasteiger partial charge in [-0.3, -0.25) is 4.79 Å². The van der Waals surface area contributed by atoms with E-state index < -0.39 is 9.84 Å². The molecule has 1 N–H and O–H groups in total. The van der Waals surface area contributed by atoms with Crippen LogP contribution in [0, 0.1) is 6.92 Å². The molecule has 4 rings (SSSR count). The first-order valence-corrected chi connectivity index (χ1v) is 11.9. The maximum atomic E-state index is 13.4. The molecule has 6 nitrogen and oxygen atoms in total. The van der Waals surface area contributed by atoms with Crippen LogP contribution in [0.15, 0.2) is 48.5 Å². The van der Waals surface area contributed by atoms with E-state index in [9.17, 15) is 13.2 Å². The third kappa shape index (κ3) is 4.21. The van der Waals surface area contributed by atoms with Gasteiger partial charge in [0.25, 0.3) is 0 Å². The standard InChI is InChI=1S/C23H26N2O4S/c1-16-21(20-5-3-4-6-22(20)24-16)13-23(26)25(18-11-12-30(27,28)15-18)14-17-7-9-19(29-2)10-8-17/h3-10,18,24H,11-15H2,1-2H3. The van der Waals surface area contributed by atoms with Crippen molar-refractivity contribution in [2.24, 2.45) is 0 Å². The summed E-state index contributed by atoms with van der Waals surface area (Å²) in [5, 5.41) is 1.03. The van der Waals surface area contributed by atoms with Crippen LogP contribution in [0.2, 0.25) is 0 Å². The van der Waals surface area contributed by atoms with Crippen LogP contribution in [0.25, 0.3) is 10.9 Å². The van der Waals surface area contributed by atoms with E-state index in [0.29, 0.717) is 13.0 Å². The average molecular weight is 427 g/mol. The van der Waals surface area contributed by atoms with Crippen LogP contribution in [0.3, 0.4) is 0 Å². The lowest BCUT2D eigenvalue weighted by Gasteiger charge is -2.29. The Balaban J connectivity index is 1.62. The van der Waals surface area contributed by atoms with Gasteiger partial charge in [0.2, 0.25) is 5.91 Å². The molecular formula is C23H26N2O4S. The second-order valence-electron chi connectivity index (χ2n) is 7.88. The predicted octanol–water partition coefficient (Wildman–Crippen LogP) is 3.24. The average Bonchev–Trinajstić information content (AvgIpc) is 3.25. The molecule has 2 aromatic carbocycles. The number of carbonyl (C=O) groups excluding carboxylic acids is 1. The number of rotatable bonds is 6. The van der Waals surface area contributed by atoms with E-state index >= 15 is 0 Å². The van der Waals surface area contributed by atoms with Gasteiger partial charge in [-0.05, 0) is 42.7 Å². The number of nitrogens with one attached hydrogen (secondary N) is 1. The Bertz CT molecular complexity index is 1170. The number of nitrogens with zero attached hydrogens (tertiary/aromatic N) is 1. The normalized spacial score (nSPS) is 17.9. The largest absolute Gasteiger partial charge is 0.497 e. The molecule has 0 radical (unpaired) electrons. The number of aromatic nitrogens is 1. The fraction of sp³-hybridized carbons (Fsp3) is 0.348. The Hall–Kier alpha value is -2.80. The Kier molecular flexibility index (Phi) is 5.56. The number of hydrogen-bond acceptors (Lipinski definition) is 4. The van der Waals surface area contributed by atoms with E-state index in [1.165, 1.54) is 0 Å². The van der Waals surface area contributed by atoms with Crippen molar-refractivity contribution in [1.82, 2.24) is 9.88 Å². The third-order valence-corrected chi connectivity index (χ3v) is 7.59. The number of para-hydroxylation sites is 1. The zero-order chi connectivity index (χ0) is 21.3. The van der Waals surface area contributed by atoms with E-state index in [-0.39, 0.29) is 29.9 Å². The number of carbonyl (C=O) groups is 1. The van der Waals surface area contributed by atoms with Crippen LogP contribution in [0.4, 0.5) is 0 Å². The van der Waals surface area contributed by atoms with Gasteiger partial charge in [-0.1, -0.05) is 30.3 Å². The van der Waals surface area contributed by atoms with Crippen molar-refractivity contribution in [3.05, 3.63) is 65.4 Å². The summed E-state index contributed by atoms with van der Waals surface area (Å²) in [6.45, 7) is 2.35. The molecule has 30 heavy (non-hydrogen) atoms. The molecule has 1 aliphatic rings. The maximum absolute atomic E-state index is 13.4. The van der Waals surface area contributed by atoms with Crippen molar-refractivity contribution in [2.75, 3.05) is 18.6 Å². The quantitative estimate of drug-likeness (QED) is 0.656. The second-order valence-corrected chi connectivity index (χ2v) is 10.1. The van der Waals surface area contributed by atoms with E-state index in [1.54, 1.807) is 12.0 Å². The number of amides is 1. The molecule has 2 heterocycles. The zero-order valence-corrected chi connectivity index (χ0v) is 18.0. The highest BCUT2D eigenvalue weighted by Gasteiger charge is 2.35. The van der Waals surface area contributed by atoms with E-state index in [0.717, 1.165) is 33.5 Å². The van der Waals surface area contributed by atoms with Gasteiger partial charge in [0, 0.05) is 29.2 Å². The molecular weight excluding hydrogens is 400 g/mol. The lowest BCUT2D eigenvalue weighted by atomic mass is 10.1. The molecule has 0 aliphatic carbocycles. The van der Waals surface area contributed by atoms with Crippen molar-refractivity contribution in [2.45, 2.75) is 32.4 Å². The first-order chi connectivity index (χ1) is 14.4. The lowest BCUT2D eigenvalue weighted by molar-refractivity contribution is -0.133. The van der Waals surface area contributed by atoms with Crippen molar-refractivity contribution in [1.29, 1.82) is 0 Å². The fourth-order valence-electron chi connectivity index (χ4n) is 4.19. The maximum Gasteiger partial charge on any atom is 0.227 e. The number of fused-ring (bicyclic) bond motifs is 1. The SMILES string of the molecule is COc1ccc(CN(C(=O)Cc2c(C)[nH]c3ccccc23)C2CCS(=O)(=O)C2)cc1. The molecule has 1 amide bonds. The number of methoxy groups -OCH3 is 1. The molecule has 3 aromatic rings. The third-order valence-electron chi connectivity index (χ3n) is 5.84.